The molecule has 0 aliphatic carbocycles. The van der Waals surface area contributed by atoms with Crippen molar-refractivity contribution in [3.63, 3.8) is 0 Å². The minimum atomic E-state index is -1.97. The molecule has 0 N–H and O–H groups in total. The van der Waals surface area contributed by atoms with Gasteiger partial charge >= 0.3 is 0 Å². The van der Waals surface area contributed by atoms with Gasteiger partial charge in [-0.1, -0.05) is 345 Å². The number of hydrogen-bond donors (Lipinski definition) is 0. The fourth-order valence-corrected chi connectivity index (χ4v) is 20.4. The van der Waals surface area contributed by atoms with Gasteiger partial charge in [0.05, 0.1) is 44.4 Å². The van der Waals surface area contributed by atoms with Gasteiger partial charge in [0.15, 0.2) is 0 Å². The summed E-state index contributed by atoms with van der Waals surface area (Å²) in [7, 11) is 0. The van der Waals surface area contributed by atoms with Crippen LogP contribution in [0.3, 0.4) is 0 Å². The van der Waals surface area contributed by atoms with Crippen LogP contribution in [0.25, 0.3) is 99.5 Å². The molecule has 0 spiro atoms. The summed E-state index contributed by atoms with van der Waals surface area (Å²) in [4.78, 5) is 4.94. The molecule has 15 aromatic rings. The Kier molecular flexibility index (Phi) is 19.1. The smallest absolute Gasteiger partial charge is 0.252 e. The van der Waals surface area contributed by atoms with E-state index in [0.717, 1.165) is 160 Å². The van der Waals surface area contributed by atoms with E-state index in [9.17, 15) is 16.4 Å². The lowest BCUT2D eigenvalue weighted by Crippen LogP contribution is -2.61. The zero-order valence-corrected chi connectivity index (χ0v) is 81.4. The Hall–Kier alpha value is -10.9. The summed E-state index contributed by atoms with van der Waals surface area (Å²) in [5, 5.41) is 2.24. The van der Waals surface area contributed by atoms with Crippen molar-refractivity contribution in [1.29, 1.82) is 0 Å². The molecule has 0 saturated heterocycles. The van der Waals surface area contributed by atoms with E-state index in [-0.39, 0.29) is 86.2 Å². The van der Waals surface area contributed by atoms with Gasteiger partial charge in [0.1, 0.15) is 0 Å². The molecule has 0 radical (unpaired) electrons. The Morgan fingerprint density at radius 1 is 0.250 bits per heavy atom. The van der Waals surface area contributed by atoms with E-state index in [0.29, 0.717) is 85.4 Å². The van der Waals surface area contributed by atoms with Crippen molar-refractivity contribution in [1.82, 2.24) is 9.13 Å². The molecule has 656 valence electrons. The van der Waals surface area contributed by atoms with E-state index >= 15 is 0 Å². The number of anilines is 6. The highest BCUT2D eigenvalue weighted by molar-refractivity contribution is 7.00. The second kappa shape index (κ2) is 32.6. The first-order valence-electron chi connectivity index (χ1n) is 52.7. The highest BCUT2D eigenvalue weighted by Crippen LogP contribution is 2.54. The van der Waals surface area contributed by atoms with Crippen LogP contribution in [-0.2, 0) is 57.7 Å². The third kappa shape index (κ3) is 19.1. The third-order valence-electron chi connectivity index (χ3n) is 24.4. The molecule has 4 heterocycles. The zero-order chi connectivity index (χ0) is 102. The van der Waals surface area contributed by atoms with Gasteiger partial charge in [-0.05, 0) is 303 Å². The molecular formula is C123H141BN4. The van der Waals surface area contributed by atoms with E-state index in [4.69, 9.17) is 0 Å². The van der Waals surface area contributed by atoms with Crippen LogP contribution < -0.4 is 26.2 Å². The number of nitrogens with zero attached hydrogens (tertiary/aromatic N) is 4. The van der Waals surface area contributed by atoms with Gasteiger partial charge in [-0.15, -0.1) is 0 Å². The van der Waals surface area contributed by atoms with Crippen LogP contribution in [0.4, 0.5) is 34.1 Å². The predicted molar refractivity (Wildman–Crippen MR) is 559 cm³/mol. The first-order valence-corrected chi connectivity index (χ1v) is 46.7. The summed E-state index contributed by atoms with van der Waals surface area (Å²) in [6.45, 7) is 58.5. The second-order valence-corrected chi connectivity index (χ2v) is 48.0. The first-order chi connectivity index (χ1) is 64.8. The Morgan fingerprint density at radius 2 is 0.555 bits per heavy atom. The largest absolute Gasteiger partial charge is 0.311 e. The number of rotatable bonds is 17. The van der Waals surface area contributed by atoms with Crippen molar-refractivity contribution in [3.05, 3.63) is 305 Å². The van der Waals surface area contributed by atoms with Crippen LogP contribution in [0.5, 0.6) is 0 Å². The summed E-state index contributed by atoms with van der Waals surface area (Å²) in [6.07, 6.45) is 1.05. The molecule has 13 aromatic carbocycles. The van der Waals surface area contributed by atoms with Gasteiger partial charge < -0.3 is 18.9 Å². The summed E-state index contributed by atoms with van der Waals surface area (Å²) < 4.78 is 126. The molecule has 0 atom stereocenters. The van der Waals surface area contributed by atoms with Gasteiger partial charge in [-0.25, -0.2) is 0 Å². The molecular weight excluding hydrogens is 1540 g/mol. The Bertz CT molecular complexity index is 7090. The lowest BCUT2D eigenvalue weighted by Gasteiger charge is -2.46. The summed E-state index contributed by atoms with van der Waals surface area (Å²) in [5.74, 6) is 0. The van der Waals surface area contributed by atoms with E-state index in [1.807, 2.05) is 41.5 Å². The Balaban J connectivity index is 1.12. The molecule has 5 heteroatoms. The van der Waals surface area contributed by atoms with Gasteiger partial charge in [0.25, 0.3) is 6.71 Å². The predicted octanol–water partition coefficient (Wildman–Crippen LogP) is 32.9. The molecule has 128 heavy (non-hydrogen) atoms. The molecule has 0 bridgehead atoms. The van der Waals surface area contributed by atoms with E-state index in [2.05, 4.69) is 371 Å². The van der Waals surface area contributed by atoms with E-state index in [1.165, 1.54) is 0 Å². The first kappa shape index (κ1) is 75.0. The number of para-hydroxylation sites is 2. The van der Waals surface area contributed by atoms with Crippen molar-refractivity contribution in [2.75, 3.05) is 9.80 Å². The fourth-order valence-electron chi connectivity index (χ4n) is 20.4. The van der Waals surface area contributed by atoms with Crippen LogP contribution >= 0.6 is 0 Å². The average Bonchev–Trinajstić information content (AvgIpc) is 0.827. The Labute approximate surface area is 785 Å². The molecule has 0 saturated carbocycles. The quantitative estimate of drug-likeness (QED) is 0.0845. The topological polar surface area (TPSA) is 16.3 Å². The average molecular weight is 1700 g/mol. The van der Waals surface area contributed by atoms with E-state index < -0.39 is 30.3 Å². The lowest BCUT2D eigenvalue weighted by molar-refractivity contribution is 0.410. The molecule has 0 unspecified atom stereocenters. The molecule has 2 aliphatic heterocycles. The number of benzene rings is 13. The fraction of sp³-hybridized carbons (Fsp3) is 0.366. The van der Waals surface area contributed by atoms with Crippen LogP contribution in [0, 0.1) is 48.7 Å². The van der Waals surface area contributed by atoms with Crippen LogP contribution in [-0.4, -0.2) is 15.8 Å². The second-order valence-electron chi connectivity index (χ2n) is 48.0. The minimum Gasteiger partial charge on any atom is -0.311 e. The summed E-state index contributed by atoms with van der Waals surface area (Å²) in [5.41, 5.74) is 23.0. The number of aromatic nitrogens is 2. The molecule has 0 amide bonds. The summed E-state index contributed by atoms with van der Waals surface area (Å²) >= 11 is 0. The van der Waals surface area contributed by atoms with Gasteiger partial charge in [-0.2, -0.15) is 0 Å². The molecule has 4 nitrogen and oxygen atoms in total. The lowest BCUT2D eigenvalue weighted by atomic mass is 9.33. The van der Waals surface area contributed by atoms with Crippen molar-refractivity contribution in [2.45, 2.75) is 245 Å². The van der Waals surface area contributed by atoms with Crippen molar-refractivity contribution in [3.8, 4) is 55.9 Å². The molecule has 17 rings (SSSR count). The van der Waals surface area contributed by atoms with Crippen LogP contribution in [0.1, 0.15) is 253 Å². The highest BCUT2D eigenvalue weighted by atomic mass is 15.2. The normalized spacial score (nSPS) is 15.2. The van der Waals surface area contributed by atoms with Gasteiger partial charge in [0.2, 0.25) is 0 Å². The minimum absolute atomic E-state index is 0.109. The van der Waals surface area contributed by atoms with Gasteiger partial charge in [0, 0.05) is 72.3 Å². The number of fused-ring (bicyclic) bond motifs is 10. The van der Waals surface area contributed by atoms with Crippen LogP contribution in [0.15, 0.2) is 255 Å². The Morgan fingerprint density at radius 3 is 0.875 bits per heavy atom. The molecule has 0 fully saturated rings. The molecule has 2 aromatic heterocycles. The SMILES string of the molecule is [2H]c1c([2H])c([2H])c2c(c1[2H])c1cc(CC(C)(C)C)ccc1n2-c1ccc2c(c1)N(c1cc(-c3cccc(CC(C)(C)C)c3)c(C([2H])([2H])C(C)(C)C)cc1-c1cccc(CC(C)(C)C)c1)c1cc(CC(C)(C)C)cc3c1B2c1ccc(-n2c4ccc(CC(C)(C)C)cc4c4c([2H])c([2H])c([2H])c([2H])c42)cc1N3c1cc(-c2cccc(CC(C)(C)C)c2)c(C([2H])([2H])C(C)(C)C)cc1-c1cccc(CC(C)(C)C)c1. The number of hydrogen-bond acceptors (Lipinski definition) is 2. The maximum absolute atomic E-state index is 10.9. The highest BCUT2D eigenvalue weighted by Gasteiger charge is 2.46. The van der Waals surface area contributed by atoms with E-state index in [1.54, 1.807) is 0 Å². The monoisotopic (exact) mass is 1700 g/mol. The molecule has 2 aliphatic rings. The standard InChI is InChI=1S/C123H141BN4/c1-115(2,3)70-79-36-32-40-86(56-79)96-68-108(98(64-90(96)77-122(22,23)24)88-42-34-38-81(58-88)72-117(7,8)9)127-110-66-92(125-104-46-30-28-44-94(104)100-60-83(48-54-106(100)125)74-119(13,14)15)50-52-102(110)124-103-53-51-93(126-105-47-31-29-45-95(105)101-61-84(49-55-107(101)126)75-120(16,17)18)67-111(103)128(113-63-85(76-121(19,20)21)62-112(127)114(113)124)109-69-97(87-41-33-37-80(57-87)71-116(4,5)6)91(78-123(25,26)27)65-99(109)89-43-35-39-82(59-89)73-118(10,11)12/h28-69H,70-78H2,1-27H3/i28D,29D,30D,31D,44D,45D,46D,47D,77D2,78D2. The van der Waals surface area contributed by atoms with Gasteiger partial charge in [-0.3, -0.25) is 0 Å². The summed E-state index contributed by atoms with van der Waals surface area (Å²) in [6, 6.07) is 72.9. The van der Waals surface area contributed by atoms with Crippen molar-refractivity contribution >= 4 is 101 Å². The zero-order valence-electron chi connectivity index (χ0n) is 93.4. The van der Waals surface area contributed by atoms with Crippen LogP contribution in [0.2, 0.25) is 0 Å². The van der Waals surface area contributed by atoms with Crippen molar-refractivity contribution in [2.24, 2.45) is 48.7 Å². The maximum atomic E-state index is 10.9. The van der Waals surface area contributed by atoms with Crippen molar-refractivity contribution < 1.29 is 16.4 Å². The maximum Gasteiger partial charge on any atom is 0.252 e. The third-order valence-corrected chi connectivity index (χ3v) is 24.4.